The molecule has 0 heterocycles. The van der Waals surface area contributed by atoms with Crippen LogP contribution in [-0.2, 0) is 25.7 Å². The molecule has 0 aliphatic heterocycles. The number of rotatable bonds is 10. The second kappa shape index (κ2) is 9.44. The van der Waals surface area contributed by atoms with Gasteiger partial charge < -0.3 is 0 Å². The van der Waals surface area contributed by atoms with E-state index in [1.165, 1.54) is 70.6 Å². The molecule has 24 heavy (non-hydrogen) atoms. The second-order valence-corrected chi connectivity index (χ2v) is 7.54. The van der Waals surface area contributed by atoms with Crippen LogP contribution in [0.5, 0.6) is 0 Å². The van der Waals surface area contributed by atoms with E-state index in [2.05, 4.69) is 40.7 Å². The van der Waals surface area contributed by atoms with Crippen molar-refractivity contribution in [1.82, 2.24) is 0 Å². The molecule has 0 heteroatoms. The van der Waals surface area contributed by atoms with Gasteiger partial charge in [0.15, 0.2) is 0 Å². The van der Waals surface area contributed by atoms with E-state index in [-0.39, 0.29) is 0 Å². The Morgan fingerprint density at radius 2 is 1.25 bits per heavy atom. The third-order valence-electron chi connectivity index (χ3n) is 5.43. The van der Waals surface area contributed by atoms with Crippen LogP contribution in [0.15, 0.2) is 11.6 Å². The van der Waals surface area contributed by atoms with Crippen molar-refractivity contribution in [3.8, 4) is 0 Å². The number of hydrogen-bond acceptors (Lipinski definition) is 0. The average molecular weight is 327 g/mol. The fourth-order valence-electron chi connectivity index (χ4n) is 4.61. The van der Waals surface area contributed by atoms with E-state index in [9.17, 15) is 0 Å². The van der Waals surface area contributed by atoms with Gasteiger partial charge in [-0.2, -0.15) is 0 Å². The Kier molecular flexibility index (Phi) is 7.59. The molecule has 0 N–H and O–H groups in total. The number of hydrogen-bond donors (Lipinski definition) is 0. The molecule has 0 saturated carbocycles. The van der Waals surface area contributed by atoms with Gasteiger partial charge in [-0.1, -0.05) is 78.4 Å². The lowest BCUT2D eigenvalue weighted by Gasteiger charge is -2.21. The monoisotopic (exact) mass is 326 g/mol. The molecule has 0 amide bonds. The summed E-state index contributed by atoms with van der Waals surface area (Å²) in [7, 11) is 0. The van der Waals surface area contributed by atoms with Crippen LogP contribution in [-0.4, -0.2) is 0 Å². The first-order valence-electron chi connectivity index (χ1n) is 10.6. The zero-order valence-electron chi connectivity index (χ0n) is 16.9. The van der Waals surface area contributed by atoms with Crippen LogP contribution in [0.25, 0.3) is 5.57 Å². The van der Waals surface area contributed by atoms with E-state index in [1.54, 1.807) is 39.0 Å². The summed E-state index contributed by atoms with van der Waals surface area (Å²) in [5.74, 6) is 0. The Balaban J connectivity index is 2.63. The van der Waals surface area contributed by atoms with E-state index >= 15 is 0 Å². The van der Waals surface area contributed by atoms with Gasteiger partial charge in [0.1, 0.15) is 0 Å². The zero-order valence-corrected chi connectivity index (χ0v) is 16.9. The van der Waals surface area contributed by atoms with Gasteiger partial charge in [-0.15, -0.1) is 0 Å². The van der Waals surface area contributed by atoms with Crippen molar-refractivity contribution in [2.45, 2.75) is 105 Å². The van der Waals surface area contributed by atoms with Crippen molar-refractivity contribution in [2.75, 3.05) is 0 Å². The lowest BCUT2D eigenvalue weighted by molar-refractivity contribution is 0.819. The van der Waals surface area contributed by atoms with Gasteiger partial charge in [0.2, 0.25) is 0 Å². The Bertz CT molecular complexity index is 574. The molecule has 0 saturated heterocycles. The molecule has 2 rings (SSSR count). The van der Waals surface area contributed by atoms with Crippen molar-refractivity contribution in [2.24, 2.45) is 0 Å². The molecule has 0 radical (unpaired) electrons. The zero-order chi connectivity index (χ0) is 17.5. The van der Waals surface area contributed by atoms with E-state index in [0.29, 0.717) is 0 Å². The molecule has 1 aliphatic rings. The van der Waals surface area contributed by atoms with Crippen molar-refractivity contribution >= 4 is 5.57 Å². The summed E-state index contributed by atoms with van der Waals surface area (Å²) in [6.45, 7) is 11.7. The van der Waals surface area contributed by atoms with E-state index in [0.717, 1.165) is 0 Å². The maximum atomic E-state index is 2.60. The molecule has 1 aromatic rings. The predicted molar refractivity (Wildman–Crippen MR) is 109 cm³/mol. The highest BCUT2D eigenvalue weighted by atomic mass is 14.3. The first kappa shape index (κ1) is 19.3. The summed E-state index contributed by atoms with van der Waals surface area (Å²) in [6.07, 6.45) is 13.9. The Morgan fingerprint density at radius 1 is 0.667 bits per heavy atom. The van der Waals surface area contributed by atoms with Crippen LogP contribution in [0, 0.1) is 0 Å². The lowest BCUT2D eigenvalue weighted by atomic mass is 9.84. The summed E-state index contributed by atoms with van der Waals surface area (Å²) in [4.78, 5) is 0. The molecule has 0 spiro atoms. The van der Waals surface area contributed by atoms with Crippen LogP contribution in [0.2, 0.25) is 0 Å². The maximum Gasteiger partial charge on any atom is -0.00548 e. The largest absolute Gasteiger partial charge is 0.0651 e. The average Bonchev–Trinajstić information content (AvgIpc) is 2.89. The minimum Gasteiger partial charge on any atom is -0.0651 e. The van der Waals surface area contributed by atoms with Gasteiger partial charge in [0.25, 0.3) is 0 Å². The van der Waals surface area contributed by atoms with Crippen LogP contribution in [0.4, 0.5) is 0 Å². The summed E-state index contributed by atoms with van der Waals surface area (Å²) < 4.78 is 0. The first-order valence-corrected chi connectivity index (χ1v) is 10.6. The van der Waals surface area contributed by atoms with Gasteiger partial charge in [0.05, 0.1) is 0 Å². The van der Waals surface area contributed by atoms with E-state index < -0.39 is 0 Å². The summed E-state index contributed by atoms with van der Waals surface area (Å²) in [6, 6.07) is 2.60. The smallest absolute Gasteiger partial charge is 0.00548 e. The molecule has 0 bridgehead atoms. The van der Waals surface area contributed by atoms with Gasteiger partial charge in [0, 0.05) is 0 Å². The third-order valence-corrected chi connectivity index (χ3v) is 5.43. The summed E-state index contributed by atoms with van der Waals surface area (Å²) in [5, 5.41) is 0. The molecule has 1 aliphatic carbocycles. The summed E-state index contributed by atoms with van der Waals surface area (Å²) >= 11 is 0. The van der Waals surface area contributed by atoms with Gasteiger partial charge in [-0.05, 0) is 71.9 Å². The molecule has 0 aromatic heterocycles. The predicted octanol–water partition coefficient (Wildman–Crippen LogP) is 7.45. The minimum atomic E-state index is 1.23. The fourth-order valence-corrected chi connectivity index (χ4v) is 4.61. The molecule has 0 fully saturated rings. The van der Waals surface area contributed by atoms with E-state index in [1.807, 2.05) is 0 Å². The van der Waals surface area contributed by atoms with Crippen LogP contribution >= 0.6 is 0 Å². The highest BCUT2D eigenvalue weighted by molar-refractivity contribution is 5.80. The fraction of sp³-hybridized carbons (Fsp3) is 0.667. The number of benzene rings is 1. The van der Waals surface area contributed by atoms with Gasteiger partial charge in [-0.3, -0.25) is 0 Å². The van der Waals surface area contributed by atoms with Crippen LogP contribution in [0.1, 0.15) is 107 Å². The summed E-state index contributed by atoms with van der Waals surface area (Å²) in [5.41, 5.74) is 12.0. The highest BCUT2D eigenvalue weighted by Crippen LogP contribution is 2.42. The molecule has 0 unspecified atom stereocenters. The Hall–Kier alpha value is -1.04. The molecule has 1 aromatic carbocycles. The quantitative estimate of drug-likeness (QED) is 0.418. The Labute approximate surface area is 150 Å². The Morgan fingerprint density at radius 3 is 1.83 bits per heavy atom. The van der Waals surface area contributed by atoms with Crippen molar-refractivity contribution in [3.05, 3.63) is 39.5 Å². The number of fused-ring (bicyclic) bond motifs is 1. The van der Waals surface area contributed by atoms with Gasteiger partial charge in [-0.25, -0.2) is 0 Å². The minimum absolute atomic E-state index is 1.23. The molecule has 134 valence electrons. The van der Waals surface area contributed by atoms with Crippen LogP contribution in [0.3, 0.4) is 0 Å². The lowest BCUT2D eigenvalue weighted by Crippen LogP contribution is -2.06. The SMILES string of the molecule is CCCC1=C(CCC)c2c(cc(CCC)c(CCC)c2CCC)C1. The standard InChI is InChI=1S/C24H38/c1-6-11-18-16-20-17-19(12-7-2)22(14-9-4)24(20)23(15-10-5)21(18)13-8-3/h16H,6-15,17H2,1-5H3. The maximum absolute atomic E-state index is 2.60. The molecular weight excluding hydrogens is 288 g/mol. The molecule has 0 atom stereocenters. The number of aryl methyl sites for hydroxylation is 1. The van der Waals surface area contributed by atoms with Crippen molar-refractivity contribution < 1.29 is 0 Å². The van der Waals surface area contributed by atoms with Crippen molar-refractivity contribution in [3.63, 3.8) is 0 Å². The van der Waals surface area contributed by atoms with E-state index in [4.69, 9.17) is 0 Å². The number of allylic oxidation sites excluding steroid dienone is 2. The normalized spacial score (nSPS) is 13.7. The topological polar surface area (TPSA) is 0 Å². The first-order chi connectivity index (χ1) is 11.7. The van der Waals surface area contributed by atoms with Crippen molar-refractivity contribution in [1.29, 1.82) is 0 Å². The molecular formula is C24H38. The van der Waals surface area contributed by atoms with Crippen LogP contribution < -0.4 is 0 Å². The third kappa shape index (κ3) is 3.95. The van der Waals surface area contributed by atoms with Gasteiger partial charge >= 0.3 is 0 Å². The highest BCUT2D eigenvalue weighted by Gasteiger charge is 2.26. The second-order valence-electron chi connectivity index (χ2n) is 7.54. The molecule has 0 nitrogen and oxygen atoms in total.